The van der Waals surface area contributed by atoms with E-state index in [1.165, 1.54) is 40.6 Å². The molecule has 0 bridgehead atoms. The molecular weight excluding hydrogens is 627 g/mol. The zero-order valence-electron chi connectivity index (χ0n) is 22.6. The number of ether oxygens (including phenoxy) is 4. The number of halogens is 1. The number of benzene rings is 3. The van der Waals surface area contributed by atoms with E-state index in [4.69, 9.17) is 18.9 Å². The SMILES string of the molecule is COc1ccc(/C=C(/C(=O)NCCNC(=O)/C=C/c2ccccc2I)c2cc(OC)c(OC)c(OC)c2)cc1O. The molecule has 0 aliphatic heterocycles. The van der Waals surface area contributed by atoms with Gasteiger partial charge >= 0.3 is 0 Å². The first kappa shape index (κ1) is 30.4. The molecule has 9 nitrogen and oxygen atoms in total. The van der Waals surface area contributed by atoms with Gasteiger partial charge < -0.3 is 34.7 Å². The first-order valence-corrected chi connectivity index (χ1v) is 13.3. The number of carbonyl (C=O) groups is 2. The Balaban J connectivity index is 1.80. The maximum absolute atomic E-state index is 13.4. The fraction of sp³-hybridized carbons (Fsp3) is 0.200. The molecule has 0 atom stereocenters. The van der Waals surface area contributed by atoms with Gasteiger partial charge in [-0.2, -0.15) is 0 Å². The van der Waals surface area contributed by atoms with Crippen molar-refractivity contribution in [2.45, 2.75) is 0 Å². The first-order valence-electron chi connectivity index (χ1n) is 12.2. The Labute approximate surface area is 246 Å². The van der Waals surface area contributed by atoms with E-state index in [0.29, 0.717) is 34.1 Å². The molecule has 0 fully saturated rings. The van der Waals surface area contributed by atoms with E-state index in [1.54, 1.807) is 36.4 Å². The number of methoxy groups -OCH3 is 4. The largest absolute Gasteiger partial charge is 0.504 e. The molecule has 3 aromatic carbocycles. The van der Waals surface area contributed by atoms with Gasteiger partial charge in [0, 0.05) is 28.3 Å². The zero-order chi connectivity index (χ0) is 29.1. The maximum atomic E-state index is 13.4. The van der Waals surface area contributed by atoms with Crippen LogP contribution in [0.25, 0.3) is 17.7 Å². The van der Waals surface area contributed by atoms with Crippen molar-refractivity contribution in [2.24, 2.45) is 0 Å². The summed E-state index contributed by atoms with van der Waals surface area (Å²) in [6.07, 6.45) is 4.82. The van der Waals surface area contributed by atoms with Gasteiger partial charge in [-0.25, -0.2) is 0 Å². The van der Waals surface area contributed by atoms with Crippen molar-refractivity contribution in [2.75, 3.05) is 41.5 Å². The monoisotopic (exact) mass is 658 g/mol. The van der Waals surface area contributed by atoms with Crippen LogP contribution in [0, 0.1) is 3.57 Å². The van der Waals surface area contributed by atoms with Gasteiger partial charge in [0.1, 0.15) is 0 Å². The third-order valence-electron chi connectivity index (χ3n) is 5.76. The second-order valence-electron chi connectivity index (χ2n) is 8.31. The average molecular weight is 658 g/mol. The van der Waals surface area contributed by atoms with Crippen LogP contribution in [0.2, 0.25) is 0 Å². The number of rotatable bonds is 12. The highest BCUT2D eigenvalue weighted by molar-refractivity contribution is 14.1. The topological polar surface area (TPSA) is 115 Å². The molecule has 0 heterocycles. The summed E-state index contributed by atoms with van der Waals surface area (Å²) in [5.74, 6) is 0.692. The molecule has 3 aromatic rings. The Hall–Kier alpha value is -4.19. The van der Waals surface area contributed by atoms with Crippen molar-refractivity contribution < 1.29 is 33.6 Å². The lowest BCUT2D eigenvalue weighted by atomic mass is 10.0. The van der Waals surface area contributed by atoms with Crippen LogP contribution in [0.4, 0.5) is 0 Å². The van der Waals surface area contributed by atoms with Crippen molar-refractivity contribution in [1.82, 2.24) is 10.6 Å². The molecule has 0 aromatic heterocycles. The minimum Gasteiger partial charge on any atom is -0.504 e. The van der Waals surface area contributed by atoms with Crippen molar-refractivity contribution in [3.8, 4) is 28.7 Å². The van der Waals surface area contributed by atoms with Gasteiger partial charge in [-0.3, -0.25) is 9.59 Å². The second-order valence-corrected chi connectivity index (χ2v) is 9.47. The number of aromatic hydroxyl groups is 1. The molecule has 0 unspecified atom stereocenters. The number of carbonyl (C=O) groups excluding carboxylic acids is 2. The zero-order valence-corrected chi connectivity index (χ0v) is 24.8. The van der Waals surface area contributed by atoms with E-state index in [9.17, 15) is 14.7 Å². The third-order valence-corrected chi connectivity index (χ3v) is 6.75. The molecule has 10 heteroatoms. The lowest BCUT2D eigenvalue weighted by Crippen LogP contribution is -2.34. The molecule has 3 rings (SSSR count). The summed E-state index contributed by atoms with van der Waals surface area (Å²) in [4.78, 5) is 25.7. The van der Waals surface area contributed by atoms with E-state index in [2.05, 4.69) is 33.2 Å². The minimum absolute atomic E-state index is 0.0677. The minimum atomic E-state index is -0.409. The Kier molecular flexibility index (Phi) is 11.2. The van der Waals surface area contributed by atoms with Gasteiger partial charge in [-0.1, -0.05) is 24.3 Å². The lowest BCUT2D eigenvalue weighted by Gasteiger charge is -2.16. The Morgan fingerprint density at radius 1 is 0.850 bits per heavy atom. The number of phenols is 1. The normalized spacial score (nSPS) is 11.2. The average Bonchev–Trinajstić information content (AvgIpc) is 2.96. The Morgan fingerprint density at radius 2 is 1.50 bits per heavy atom. The van der Waals surface area contributed by atoms with Crippen LogP contribution < -0.4 is 29.6 Å². The van der Waals surface area contributed by atoms with Crippen molar-refractivity contribution in [1.29, 1.82) is 0 Å². The highest BCUT2D eigenvalue weighted by Crippen LogP contribution is 2.40. The molecule has 0 aliphatic rings. The summed E-state index contributed by atoms with van der Waals surface area (Å²) in [6.45, 7) is 0.392. The van der Waals surface area contributed by atoms with Gasteiger partial charge in [-0.15, -0.1) is 0 Å². The summed E-state index contributed by atoms with van der Waals surface area (Å²) >= 11 is 2.21. The van der Waals surface area contributed by atoms with Crippen LogP contribution in [-0.2, 0) is 9.59 Å². The number of nitrogens with one attached hydrogen (secondary N) is 2. The maximum Gasteiger partial charge on any atom is 0.251 e. The van der Waals surface area contributed by atoms with E-state index >= 15 is 0 Å². The molecule has 0 saturated heterocycles. The molecular formula is C30H31IN2O7. The number of hydrogen-bond acceptors (Lipinski definition) is 7. The van der Waals surface area contributed by atoms with E-state index in [1.807, 2.05) is 24.3 Å². The molecule has 2 amide bonds. The number of amides is 2. The predicted molar refractivity (Wildman–Crippen MR) is 163 cm³/mol. The standard InChI is InChI=1S/C30H31IN2O7/c1-37-25-11-9-19(16-24(25)34)15-22(21-17-26(38-2)29(40-4)27(18-21)39-3)30(36)33-14-13-32-28(35)12-10-20-7-5-6-8-23(20)31/h5-12,15-18,34H,13-14H2,1-4H3,(H,32,35)(H,33,36)/b12-10+,22-15+. The van der Waals surface area contributed by atoms with Crippen LogP contribution in [0.5, 0.6) is 28.7 Å². The fourth-order valence-electron chi connectivity index (χ4n) is 3.77. The molecule has 0 aliphatic carbocycles. The van der Waals surface area contributed by atoms with Gasteiger partial charge in [0.2, 0.25) is 11.7 Å². The van der Waals surface area contributed by atoms with E-state index in [0.717, 1.165) is 9.13 Å². The van der Waals surface area contributed by atoms with Crippen LogP contribution >= 0.6 is 22.6 Å². The van der Waals surface area contributed by atoms with Gasteiger partial charge in [0.15, 0.2) is 23.0 Å². The Morgan fingerprint density at radius 3 is 2.10 bits per heavy atom. The first-order chi connectivity index (χ1) is 19.3. The van der Waals surface area contributed by atoms with E-state index < -0.39 is 5.91 Å². The molecule has 210 valence electrons. The highest BCUT2D eigenvalue weighted by Gasteiger charge is 2.19. The van der Waals surface area contributed by atoms with Crippen molar-refractivity contribution >= 4 is 52.1 Å². The summed E-state index contributed by atoms with van der Waals surface area (Å²) in [7, 11) is 5.92. The number of hydrogen-bond donors (Lipinski definition) is 3. The van der Waals surface area contributed by atoms with Crippen LogP contribution in [0.3, 0.4) is 0 Å². The quantitative estimate of drug-likeness (QED) is 0.114. The van der Waals surface area contributed by atoms with Crippen LogP contribution in [-0.4, -0.2) is 58.4 Å². The third kappa shape index (κ3) is 7.92. The van der Waals surface area contributed by atoms with Gasteiger partial charge in [-0.05, 0) is 81.8 Å². The second kappa shape index (κ2) is 14.8. The molecule has 40 heavy (non-hydrogen) atoms. The molecule has 0 saturated carbocycles. The summed E-state index contributed by atoms with van der Waals surface area (Å²) in [6, 6.07) is 15.8. The summed E-state index contributed by atoms with van der Waals surface area (Å²) < 4.78 is 22.5. The smallest absolute Gasteiger partial charge is 0.251 e. The summed E-state index contributed by atoms with van der Waals surface area (Å²) in [5.41, 5.74) is 2.27. The van der Waals surface area contributed by atoms with Gasteiger partial charge in [0.05, 0.1) is 28.4 Å². The lowest BCUT2D eigenvalue weighted by molar-refractivity contribution is -0.117. The van der Waals surface area contributed by atoms with Crippen LogP contribution in [0.1, 0.15) is 16.7 Å². The predicted octanol–water partition coefficient (Wildman–Crippen LogP) is 4.52. The van der Waals surface area contributed by atoms with E-state index in [-0.39, 0.29) is 30.3 Å². The number of phenolic OH excluding ortho intramolecular Hbond substituents is 1. The van der Waals surface area contributed by atoms with Crippen LogP contribution in [0.15, 0.2) is 60.7 Å². The molecule has 0 spiro atoms. The van der Waals surface area contributed by atoms with Gasteiger partial charge in [0.25, 0.3) is 5.91 Å². The summed E-state index contributed by atoms with van der Waals surface area (Å²) in [5, 5.41) is 15.8. The van der Waals surface area contributed by atoms with Crippen molar-refractivity contribution in [3.05, 3.63) is 80.9 Å². The highest BCUT2D eigenvalue weighted by atomic mass is 127. The Bertz CT molecular complexity index is 1390. The fourth-order valence-corrected chi connectivity index (χ4v) is 4.34. The van der Waals surface area contributed by atoms with Crippen molar-refractivity contribution in [3.63, 3.8) is 0 Å². The molecule has 3 N–H and O–H groups in total. The molecule has 0 radical (unpaired) electrons.